The first kappa shape index (κ1) is 24.3. The summed E-state index contributed by atoms with van der Waals surface area (Å²) < 4.78 is 10.4. The molecule has 1 atom stereocenters. The number of amides is 2. The first-order valence-electron chi connectivity index (χ1n) is 10.3. The van der Waals surface area contributed by atoms with Gasteiger partial charge in [-0.15, -0.1) is 0 Å². The Balaban J connectivity index is 1.53. The van der Waals surface area contributed by atoms with Gasteiger partial charge >= 0.3 is 0 Å². The predicted molar refractivity (Wildman–Crippen MR) is 132 cm³/mol. The lowest BCUT2D eigenvalue weighted by Crippen LogP contribution is -2.33. The van der Waals surface area contributed by atoms with Gasteiger partial charge in [0.2, 0.25) is 11.8 Å². The van der Waals surface area contributed by atoms with Gasteiger partial charge in [-0.2, -0.15) is 0 Å². The Hall–Kier alpha value is -3.83. The average molecular weight is 515 g/mol. The number of nitro groups is 1. The summed E-state index contributed by atoms with van der Waals surface area (Å²) in [7, 11) is 1.39. The highest BCUT2D eigenvalue weighted by atomic mass is 35.5. The van der Waals surface area contributed by atoms with Crippen LogP contribution in [0.1, 0.15) is 12.2 Å². The summed E-state index contributed by atoms with van der Waals surface area (Å²) in [6.07, 6.45) is 1.30. The SMILES string of the molecule is COc1ccc(NC(=O)C[C@H]2SC(=Nc3ccc(Cl)cc3)N(Cc3ccco3)C2=O)c([N+](=O)[O-])c1. The summed E-state index contributed by atoms with van der Waals surface area (Å²) in [5.41, 5.74) is 0.291. The predicted octanol–water partition coefficient (Wildman–Crippen LogP) is 5.01. The molecule has 1 aliphatic heterocycles. The lowest BCUT2D eigenvalue weighted by atomic mass is 10.2. The molecule has 12 heteroatoms. The standard InChI is InChI=1S/C23H19ClN4O6S/c1-33-16-8-9-18(19(11-16)28(31)32)26-21(29)12-20-22(30)27(13-17-3-2-10-34-17)23(35-20)25-15-6-4-14(24)5-7-15/h2-11,20H,12-13H2,1H3,(H,26,29)/t20-/m1/s1. The molecule has 180 valence electrons. The van der Waals surface area contributed by atoms with Gasteiger partial charge in [0.15, 0.2) is 5.17 Å². The Morgan fingerprint density at radius 2 is 2.06 bits per heavy atom. The zero-order valence-electron chi connectivity index (χ0n) is 18.3. The van der Waals surface area contributed by atoms with Crippen LogP contribution in [0.4, 0.5) is 17.1 Å². The van der Waals surface area contributed by atoms with Crippen LogP contribution >= 0.6 is 23.4 Å². The van der Waals surface area contributed by atoms with E-state index in [0.717, 1.165) is 11.8 Å². The quantitative estimate of drug-likeness (QED) is 0.330. The third-order valence-electron chi connectivity index (χ3n) is 5.01. The van der Waals surface area contributed by atoms with Crippen molar-refractivity contribution in [1.29, 1.82) is 0 Å². The molecule has 2 heterocycles. The molecule has 1 aliphatic rings. The number of nitrogens with one attached hydrogen (secondary N) is 1. The van der Waals surface area contributed by atoms with E-state index in [4.69, 9.17) is 20.8 Å². The maximum atomic E-state index is 13.2. The number of furan rings is 1. The zero-order chi connectivity index (χ0) is 24.9. The number of ether oxygens (including phenoxy) is 1. The molecule has 0 radical (unpaired) electrons. The van der Waals surface area contributed by atoms with E-state index in [9.17, 15) is 19.7 Å². The van der Waals surface area contributed by atoms with Gasteiger partial charge < -0.3 is 14.5 Å². The van der Waals surface area contributed by atoms with Crippen molar-refractivity contribution in [2.45, 2.75) is 18.2 Å². The molecule has 1 saturated heterocycles. The molecule has 35 heavy (non-hydrogen) atoms. The van der Waals surface area contributed by atoms with Crippen LogP contribution in [-0.4, -0.2) is 39.2 Å². The largest absolute Gasteiger partial charge is 0.496 e. The minimum Gasteiger partial charge on any atom is -0.496 e. The number of rotatable bonds is 8. The molecular weight excluding hydrogens is 496 g/mol. The second-order valence-corrected chi connectivity index (χ2v) is 8.98. The van der Waals surface area contributed by atoms with Crippen molar-refractivity contribution in [1.82, 2.24) is 4.90 Å². The number of thioether (sulfide) groups is 1. The smallest absolute Gasteiger partial charge is 0.296 e. The van der Waals surface area contributed by atoms with Crippen LogP contribution < -0.4 is 10.1 Å². The molecule has 10 nitrogen and oxygen atoms in total. The molecule has 0 bridgehead atoms. The summed E-state index contributed by atoms with van der Waals surface area (Å²) in [6, 6.07) is 14.4. The number of nitrogens with zero attached hydrogens (tertiary/aromatic N) is 3. The second kappa shape index (κ2) is 10.6. The Morgan fingerprint density at radius 1 is 1.29 bits per heavy atom. The van der Waals surface area contributed by atoms with Crippen molar-refractivity contribution < 1.29 is 23.7 Å². The number of hydrogen-bond acceptors (Lipinski definition) is 8. The Bertz CT molecular complexity index is 1280. The molecule has 0 aliphatic carbocycles. The van der Waals surface area contributed by atoms with E-state index in [-0.39, 0.29) is 36.0 Å². The van der Waals surface area contributed by atoms with Crippen LogP contribution in [0.3, 0.4) is 0 Å². The van der Waals surface area contributed by atoms with Crippen LogP contribution in [0.5, 0.6) is 5.75 Å². The lowest BCUT2D eigenvalue weighted by Gasteiger charge is -2.15. The Labute approximate surface area is 209 Å². The minimum atomic E-state index is -0.770. The van der Waals surface area contributed by atoms with Crippen LogP contribution in [0.15, 0.2) is 70.3 Å². The Kier molecular flexibility index (Phi) is 7.37. The van der Waals surface area contributed by atoms with E-state index in [0.29, 0.717) is 21.6 Å². The molecule has 1 fully saturated rings. The van der Waals surface area contributed by atoms with E-state index in [1.54, 1.807) is 36.4 Å². The summed E-state index contributed by atoms with van der Waals surface area (Å²) in [4.78, 5) is 42.7. The number of anilines is 1. The van der Waals surface area contributed by atoms with Crippen molar-refractivity contribution in [3.63, 3.8) is 0 Å². The van der Waals surface area contributed by atoms with Gasteiger partial charge in [-0.1, -0.05) is 23.4 Å². The van der Waals surface area contributed by atoms with Gasteiger partial charge in [0.1, 0.15) is 22.4 Å². The van der Waals surface area contributed by atoms with Gasteiger partial charge in [0.25, 0.3) is 5.69 Å². The highest BCUT2D eigenvalue weighted by Crippen LogP contribution is 2.34. The number of carbonyl (C=O) groups excluding carboxylic acids is 2. The molecule has 4 rings (SSSR count). The van der Waals surface area contributed by atoms with Crippen LogP contribution in [0.2, 0.25) is 5.02 Å². The van der Waals surface area contributed by atoms with Gasteiger partial charge in [0.05, 0.1) is 36.6 Å². The van der Waals surface area contributed by atoms with Crippen molar-refractivity contribution in [3.05, 3.63) is 81.8 Å². The number of halogens is 1. The molecule has 1 N–H and O–H groups in total. The van der Waals surface area contributed by atoms with Crippen molar-refractivity contribution in [2.24, 2.45) is 4.99 Å². The topological polar surface area (TPSA) is 127 Å². The number of hydrogen-bond donors (Lipinski definition) is 1. The van der Waals surface area contributed by atoms with Crippen molar-refractivity contribution in [3.8, 4) is 5.75 Å². The normalized spacial score (nSPS) is 16.5. The van der Waals surface area contributed by atoms with Gasteiger partial charge in [-0.05, 0) is 48.5 Å². The summed E-state index contributed by atoms with van der Waals surface area (Å²) in [5, 5.41) is 14.1. The molecule has 0 saturated carbocycles. The maximum Gasteiger partial charge on any atom is 0.296 e. The molecule has 0 unspecified atom stereocenters. The monoisotopic (exact) mass is 514 g/mol. The van der Waals surface area contributed by atoms with E-state index in [2.05, 4.69) is 10.3 Å². The molecule has 2 aromatic carbocycles. The van der Waals surface area contributed by atoms with Crippen LogP contribution in [-0.2, 0) is 16.1 Å². The number of aliphatic imine (C=N–C) groups is 1. The number of carbonyl (C=O) groups is 2. The number of methoxy groups -OCH3 is 1. The third-order valence-corrected chi connectivity index (χ3v) is 6.44. The summed E-state index contributed by atoms with van der Waals surface area (Å²) in [5.74, 6) is -0.0251. The van der Waals surface area contributed by atoms with Crippen molar-refractivity contribution >= 4 is 57.4 Å². The first-order valence-corrected chi connectivity index (χ1v) is 11.6. The average Bonchev–Trinajstić information content (AvgIpc) is 3.45. The van der Waals surface area contributed by atoms with E-state index >= 15 is 0 Å². The fourth-order valence-electron chi connectivity index (χ4n) is 3.32. The third kappa shape index (κ3) is 5.81. The molecular formula is C23H19ClN4O6S. The highest BCUT2D eigenvalue weighted by Gasteiger charge is 2.39. The maximum absolute atomic E-state index is 13.2. The first-order chi connectivity index (χ1) is 16.8. The lowest BCUT2D eigenvalue weighted by molar-refractivity contribution is -0.384. The summed E-state index contributed by atoms with van der Waals surface area (Å²) in [6.45, 7) is 0.146. The summed E-state index contributed by atoms with van der Waals surface area (Å²) >= 11 is 7.09. The molecule has 1 aromatic heterocycles. The van der Waals surface area contributed by atoms with Crippen LogP contribution in [0, 0.1) is 10.1 Å². The fourth-order valence-corrected chi connectivity index (χ4v) is 4.60. The molecule has 3 aromatic rings. The zero-order valence-corrected chi connectivity index (χ0v) is 19.9. The van der Waals surface area contributed by atoms with Gasteiger partial charge in [-0.25, -0.2) is 4.99 Å². The van der Waals surface area contributed by atoms with E-state index in [1.807, 2.05) is 0 Å². The molecule has 2 amide bonds. The van der Waals surface area contributed by atoms with Crippen LogP contribution in [0.25, 0.3) is 0 Å². The van der Waals surface area contributed by atoms with E-state index in [1.165, 1.54) is 36.5 Å². The fraction of sp³-hybridized carbons (Fsp3) is 0.174. The molecule has 0 spiro atoms. The van der Waals surface area contributed by atoms with E-state index < -0.39 is 16.1 Å². The number of benzene rings is 2. The van der Waals surface area contributed by atoms with Gasteiger partial charge in [-0.3, -0.25) is 24.6 Å². The number of nitro benzene ring substituents is 1. The Morgan fingerprint density at radius 3 is 2.71 bits per heavy atom. The number of amidine groups is 1. The minimum absolute atomic E-state index is 0.0127. The van der Waals surface area contributed by atoms with Gasteiger partial charge in [0, 0.05) is 11.4 Å². The van der Waals surface area contributed by atoms with Crippen molar-refractivity contribution in [2.75, 3.05) is 12.4 Å². The second-order valence-electron chi connectivity index (χ2n) is 7.37. The highest BCUT2D eigenvalue weighted by molar-refractivity contribution is 8.15.